The van der Waals surface area contributed by atoms with Crippen LogP contribution in [-0.2, 0) is 0 Å². The maximum Gasteiger partial charge on any atom is 0.323 e. The summed E-state index contributed by atoms with van der Waals surface area (Å²) >= 11 is 5.22. The van der Waals surface area contributed by atoms with Gasteiger partial charge in [-0.15, -0.1) is 11.8 Å². The molecule has 3 rings (SSSR count). The zero-order valence-corrected chi connectivity index (χ0v) is 13.6. The maximum absolute atomic E-state index is 12.5. The fraction of sp³-hybridized carbons (Fsp3) is 0.200. The minimum Gasteiger partial charge on any atom is -0.308 e. The van der Waals surface area contributed by atoms with Gasteiger partial charge >= 0.3 is 6.03 Å². The first-order valence-electron chi connectivity index (χ1n) is 6.59. The molecule has 1 fully saturated rings. The van der Waals surface area contributed by atoms with Crippen LogP contribution in [-0.4, -0.2) is 28.2 Å². The second-order valence-electron chi connectivity index (χ2n) is 4.61. The minimum absolute atomic E-state index is 0.0514. The smallest absolute Gasteiger partial charge is 0.308 e. The summed E-state index contributed by atoms with van der Waals surface area (Å²) in [5.74, 6) is 0.941. The molecule has 2 amide bonds. The molecule has 0 saturated carbocycles. The van der Waals surface area contributed by atoms with Crippen LogP contribution in [0.25, 0.3) is 0 Å². The third-order valence-electron chi connectivity index (χ3n) is 3.26. The summed E-state index contributed by atoms with van der Waals surface area (Å²) in [5, 5.41) is 3.01. The zero-order valence-electron chi connectivity index (χ0n) is 11.2. The topological polar surface area (TPSA) is 45.2 Å². The summed E-state index contributed by atoms with van der Waals surface area (Å²) in [6, 6.07) is 11.5. The SMILES string of the molecule is O=C(Nc1ccccc1Br)N1CCSC1c1ccncc1. The second-order valence-corrected chi connectivity index (χ2v) is 6.65. The Balaban J connectivity index is 1.76. The van der Waals surface area contributed by atoms with Crippen molar-refractivity contribution in [2.75, 3.05) is 17.6 Å². The number of carbonyl (C=O) groups is 1. The molecule has 0 radical (unpaired) electrons. The molecule has 0 spiro atoms. The standard InChI is InChI=1S/C15H14BrN3OS/c16-12-3-1-2-4-13(12)18-15(20)19-9-10-21-14(19)11-5-7-17-8-6-11/h1-8,14H,9-10H2,(H,18,20). The van der Waals surface area contributed by atoms with E-state index in [-0.39, 0.29) is 11.4 Å². The van der Waals surface area contributed by atoms with Gasteiger partial charge in [0, 0.05) is 29.2 Å². The lowest BCUT2D eigenvalue weighted by Gasteiger charge is -2.24. The number of para-hydroxylation sites is 1. The summed E-state index contributed by atoms with van der Waals surface area (Å²) in [5.41, 5.74) is 1.89. The van der Waals surface area contributed by atoms with E-state index in [1.165, 1.54) is 0 Å². The minimum atomic E-state index is -0.0753. The number of benzene rings is 1. The molecule has 1 aliphatic rings. The number of nitrogens with zero attached hydrogens (tertiary/aromatic N) is 2. The van der Waals surface area contributed by atoms with Gasteiger partial charge in [-0.25, -0.2) is 4.79 Å². The van der Waals surface area contributed by atoms with Gasteiger partial charge in [0.15, 0.2) is 0 Å². The van der Waals surface area contributed by atoms with Crippen molar-refractivity contribution in [1.82, 2.24) is 9.88 Å². The first kappa shape index (κ1) is 14.4. The second kappa shape index (κ2) is 6.49. The molecule has 1 atom stereocenters. The van der Waals surface area contributed by atoms with Crippen LogP contribution in [0.15, 0.2) is 53.3 Å². The summed E-state index contributed by atoms with van der Waals surface area (Å²) in [4.78, 5) is 18.4. The number of amides is 2. The highest BCUT2D eigenvalue weighted by Gasteiger charge is 2.30. The van der Waals surface area contributed by atoms with Gasteiger partial charge in [0.05, 0.1) is 5.69 Å². The Bertz CT molecular complexity index is 638. The number of hydrogen-bond acceptors (Lipinski definition) is 3. The number of hydrogen-bond donors (Lipinski definition) is 1. The molecule has 1 aromatic heterocycles. The molecule has 1 saturated heterocycles. The van der Waals surface area contributed by atoms with Gasteiger partial charge in [0.25, 0.3) is 0 Å². The number of rotatable bonds is 2. The number of pyridine rings is 1. The molecule has 6 heteroatoms. The third-order valence-corrected chi connectivity index (χ3v) is 5.21. The van der Waals surface area contributed by atoms with Crippen molar-refractivity contribution in [3.05, 3.63) is 58.8 Å². The van der Waals surface area contributed by atoms with E-state index in [1.807, 2.05) is 41.3 Å². The Kier molecular flexibility index (Phi) is 4.45. The predicted octanol–water partition coefficient (Wildman–Crippen LogP) is 4.12. The van der Waals surface area contributed by atoms with Gasteiger partial charge < -0.3 is 10.2 Å². The number of urea groups is 1. The van der Waals surface area contributed by atoms with Crippen molar-refractivity contribution < 1.29 is 4.79 Å². The van der Waals surface area contributed by atoms with Crippen molar-refractivity contribution in [2.45, 2.75) is 5.37 Å². The van der Waals surface area contributed by atoms with Gasteiger partial charge in [-0.3, -0.25) is 4.98 Å². The Morgan fingerprint density at radius 3 is 2.81 bits per heavy atom. The number of carbonyl (C=O) groups excluding carboxylic acids is 1. The van der Waals surface area contributed by atoms with E-state index in [1.54, 1.807) is 24.2 Å². The number of halogens is 1. The molecule has 2 heterocycles. The number of aromatic nitrogens is 1. The molecule has 0 bridgehead atoms. The molecule has 1 aromatic carbocycles. The van der Waals surface area contributed by atoms with Crippen LogP contribution >= 0.6 is 27.7 Å². The van der Waals surface area contributed by atoms with Crippen LogP contribution in [0.2, 0.25) is 0 Å². The fourth-order valence-electron chi connectivity index (χ4n) is 2.23. The first-order chi connectivity index (χ1) is 10.3. The van der Waals surface area contributed by atoms with Crippen LogP contribution in [0.3, 0.4) is 0 Å². The van der Waals surface area contributed by atoms with E-state index >= 15 is 0 Å². The number of thioether (sulfide) groups is 1. The van der Waals surface area contributed by atoms with Crippen LogP contribution in [0.4, 0.5) is 10.5 Å². The molecule has 0 aliphatic carbocycles. The summed E-state index contributed by atoms with van der Waals surface area (Å²) in [6.07, 6.45) is 3.52. The van der Waals surface area contributed by atoms with E-state index in [0.29, 0.717) is 0 Å². The molecule has 1 unspecified atom stereocenters. The van der Waals surface area contributed by atoms with Crippen LogP contribution in [0.1, 0.15) is 10.9 Å². The Hall–Kier alpha value is -1.53. The highest BCUT2D eigenvalue weighted by atomic mass is 79.9. The predicted molar refractivity (Wildman–Crippen MR) is 89.3 cm³/mol. The largest absolute Gasteiger partial charge is 0.323 e. The zero-order chi connectivity index (χ0) is 14.7. The van der Waals surface area contributed by atoms with Crippen LogP contribution < -0.4 is 5.32 Å². The lowest BCUT2D eigenvalue weighted by Crippen LogP contribution is -2.34. The molecule has 21 heavy (non-hydrogen) atoms. The summed E-state index contributed by atoms with van der Waals surface area (Å²) in [7, 11) is 0. The van der Waals surface area contributed by atoms with E-state index in [9.17, 15) is 4.79 Å². The Labute approximate surface area is 136 Å². The summed E-state index contributed by atoms with van der Waals surface area (Å²) < 4.78 is 0.880. The normalized spacial score (nSPS) is 17.8. The molecule has 2 aromatic rings. The van der Waals surface area contributed by atoms with Gasteiger partial charge in [-0.05, 0) is 45.8 Å². The third kappa shape index (κ3) is 3.22. The first-order valence-corrected chi connectivity index (χ1v) is 8.43. The lowest BCUT2D eigenvalue weighted by molar-refractivity contribution is 0.214. The average Bonchev–Trinajstić information content (AvgIpc) is 3.00. The van der Waals surface area contributed by atoms with E-state index < -0.39 is 0 Å². The van der Waals surface area contributed by atoms with Crippen molar-refractivity contribution in [3.8, 4) is 0 Å². The van der Waals surface area contributed by atoms with Gasteiger partial charge in [-0.1, -0.05) is 12.1 Å². The quantitative estimate of drug-likeness (QED) is 0.872. The van der Waals surface area contributed by atoms with Crippen LogP contribution in [0, 0.1) is 0 Å². The Morgan fingerprint density at radius 1 is 1.29 bits per heavy atom. The molecular weight excluding hydrogens is 350 g/mol. The molecular formula is C15H14BrN3OS. The molecule has 4 nitrogen and oxygen atoms in total. The van der Waals surface area contributed by atoms with E-state index in [4.69, 9.17) is 0 Å². The molecule has 108 valence electrons. The maximum atomic E-state index is 12.5. The number of nitrogens with one attached hydrogen (secondary N) is 1. The highest BCUT2D eigenvalue weighted by Crippen LogP contribution is 2.38. The van der Waals surface area contributed by atoms with Gasteiger partial charge in [0.1, 0.15) is 5.37 Å². The molecule has 1 N–H and O–H groups in total. The van der Waals surface area contributed by atoms with Gasteiger partial charge in [0.2, 0.25) is 0 Å². The average molecular weight is 364 g/mol. The lowest BCUT2D eigenvalue weighted by atomic mass is 10.2. The van der Waals surface area contributed by atoms with Crippen molar-refractivity contribution in [2.24, 2.45) is 0 Å². The van der Waals surface area contributed by atoms with E-state index in [2.05, 4.69) is 26.2 Å². The van der Waals surface area contributed by atoms with Crippen LogP contribution in [0.5, 0.6) is 0 Å². The Morgan fingerprint density at radius 2 is 2.05 bits per heavy atom. The fourth-order valence-corrected chi connectivity index (χ4v) is 3.87. The number of anilines is 1. The van der Waals surface area contributed by atoms with Crippen molar-refractivity contribution in [3.63, 3.8) is 0 Å². The molecule has 1 aliphatic heterocycles. The van der Waals surface area contributed by atoms with Crippen molar-refractivity contribution >= 4 is 39.4 Å². The highest BCUT2D eigenvalue weighted by molar-refractivity contribution is 9.10. The summed E-state index contributed by atoms with van der Waals surface area (Å²) in [6.45, 7) is 0.744. The van der Waals surface area contributed by atoms with E-state index in [0.717, 1.165) is 28.0 Å². The van der Waals surface area contributed by atoms with Gasteiger partial charge in [-0.2, -0.15) is 0 Å². The monoisotopic (exact) mass is 363 g/mol. The van der Waals surface area contributed by atoms with Crippen molar-refractivity contribution in [1.29, 1.82) is 0 Å².